The van der Waals surface area contributed by atoms with E-state index >= 15 is 0 Å². The number of hydrogen-bond donors (Lipinski definition) is 2. The molecule has 4 aromatic rings. The SMILES string of the molecule is Cc1c(S(=O)(=O)Nc2cccc3c(CCOCCN(C)C)c[nH]c23)sc2ccc(Cl)cc12. The van der Waals surface area contributed by atoms with Crippen LogP contribution in [0.15, 0.2) is 46.8 Å². The molecule has 4 rings (SSSR count). The van der Waals surface area contributed by atoms with E-state index in [1.165, 1.54) is 11.3 Å². The molecule has 0 atom stereocenters. The van der Waals surface area contributed by atoms with Crippen molar-refractivity contribution >= 4 is 59.6 Å². The lowest BCUT2D eigenvalue weighted by molar-refractivity contribution is 0.120. The monoisotopic (exact) mass is 491 g/mol. The van der Waals surface area contributed by atoms with Crippen molar-refractivity contribution in [2.75, 3.05) is 38.6 Å². The highest BCUT2D eigenvalue weighted by molar-refractivity contribution is 7.95. The van der Waals surface area contributed by atoms with E-state index in [1.54, 1.807) is 18.2 Å². The van der Waals surface area contributed by atoms with Gasteiger partial charge in [-0.05, 0) is 68.2 Å². The van der Waals surface area contributed by atoms with Crippen molar-refractivity contribution < 1.29 is 13.2 Å². The van der Waals surface area contributed by atoms with Crippen LogP contribution in [0, 0.1) is 6.92 Å². The number of H-pyrrole nitrogens is 1. The van der Waals surface area contributed by atoms with Crippen molar-refractivity contribution in [3.8, 4) is 0 Å². The first-order valence-corrected chi connectivity index (χ1v) is 13.0. The highest BCUT2D eigenvalue weighted by Gasteiger charge is 2.23. The molecule has 0 amide bonds. The fraction of sp³-hybridized carbons (Fsp3) is 0.304. The van der Waals surface area contributed by atoms with Gasteiger partial charge in [0.05, 0.1) is 24.4 Å². The highest BCUT2D eigenvalue weighted by atomic mass is 35.5. The van der Waals surface area contributed by atoms with Crippen LogP contribution in [0.2, 0.25) is 5.02 Å². The second kappa shape index (κ2) is 9.41. The van der Waals surface area contributed by atoms with E-state index in [0.717, 1.165) is 39.5 Å². The van der Waals surface area contributed by atoms with Gasteiger partial charge in [0, 0.05) is 27.9 Å². The molecule has 0 radical (unpaired) electrons. The van der Waals surface area contributed by atoms with Gasteiger partial charge in [-0.2, -0.15) is 0 Å². The molecule has 6 nitrogen and oxygen atoms in total. The molecule has 0 unspecified atom stereocenters. The van der Waals surface area contributed by atoms with Crippen molar-refractivity contribution in [3.63, 3.8) is 0 Å². The summed E-state index contributed by atoms with van der Waals surface area (Å²) in [6, 6.07) is 11.1. The highest BCUT2D eigenvalue weighted by Crippen LogP contribution is 2.37. The molecule has 0 bridgehead atoms. The number of benzene rings is 2. The molecule has 0 aliphatic heterocycles. The minimum absolute atomic E-state index is 0.299. The molecule has 0 spiro atoms. The molecule has 2 N–H and O–H groups in total. The third kappa shape index (κ3) is 4.79. The molecule has 2 aromatic heterocycles. The Bertz CT molecular complexity index is 1360. The molecule has 0 aliphatic rings. The Balaban J connectivity index is 1.57. The average Bonchev–Trinajstić information content (AvgIpc) is 3.30. The van der Waals surface area contributed by atoms with E-state index in [-0.39, 0.29) is 0 Å². The molecular formula is C23H26ClN3O3S2. The maximum atomic E-state index is 13.3. The van der Waals surface area contributed by atoms with Crippen LogP contribution in [-0.2, 0) is 21.2 Å². The van der Waals surface area contributed by atoms with Crippen molar-refractivity contribution in [2.24, 2.45) is 0 Å². The Hall–Kier alpha value is -2.10. The fourth-order valence-corrected chi connectivity index (χ4v) is 6.65. The molecule has 9 heteroatoms. The number of fused-ring (bicyclic) bond motifs is 2. The predicted molar refractivity (Wildman–Crippen MR) is 134 cm³/mol. The zero-order chi connectivity index (χ0) is 22.9. The zero-order valence-corrected chi connectivity index (χ0v) is 20.6. The third-order valence-corrected chi connectivity index (χ3v) is 8.84. The lowest BCUT2D eigenvalue weighted by atomic mass is 10.1. The first-order valence-electron chi connectivity index (χ1n) is 10.3. The number of aromatic nitrogens is 1. The number of anilines is 1. The number of likely N-dealkylation sites (N-methyl/N-ethyl adjacent to an activating group) is 1. The van der Waals surface area contributed by atoms with E-state index in [9.17, 15) is 8.42 Å². The van der Waals surface area contributed by atoms with Crippen LogP contribution in [0.5, 0.6) is 0 Å². The van der Waals surface area contributed by atoms with E-state index in [2.05, 4.69) is 14.6 Å². The van der Waals surface area contributed by atoms with Crippen molar-refractivity contribution in [3.05, 3.63) is 58.7 Å². The summed E-state index contributed by atoms with van der Waals surface area (Å²) in [5.74, 6) is 0. The normalized spacial score (nSPS) is 12.3. The summed E-state index contributed by atoms with van der Waals surface area (Å²) < 4.78 is 36.2. The number of nitrogens with zero attached hydrogens (tertiary/aromatic N) is 1. The molecule has 0 saturated heterocycles. The maximum absolute atomic E-state index is 13.3. The number of para-hydroxylation sites is 1. The number of aromatic amines is 1. The summed E-state index contributed by atoms with van der Waals surface area (Å²) >= 11 is 7.35. The first-order chi connectivity index (χ1) is 15.3. The van der Waals surface area contributed by atoms with Crippen LogP contribution in [0.25, 0.3) is 21.0 Å². The van der Waals surface area contributed by atoms with Gasteiger partial charge >= 0.3 is 0 Å². The van der Waals surface area contributed by atoms with Gasteiger partial charge in [-0.15, -0.1) is 11.3 Å². The Morgan fingerprint density at radius 3 is 2.75 bits per heavy atom. The van der Waals surface area contributed by atoms with Crippen LogP contribution in [-0.4, -0.2) is 52.2 Å². The van der Waals surface area contributed by atoms with Crippen LogP contribution in [0.3, 0.4) is 0 Å². The molecule has 2 aromatic carbocycles. The Morgan fingerprint density at radius 1 is 1.16 bits per heavy atom. The van der Waals surface area contributed by atoms with Gasteiger partial charge in [0.1, 0.15) is 4.21 Å². The topological polar surface area (TPSA) is 74.4 Å². The molecule has 0 fully saturated rings. The van der Waals surface area contributed by atoms with Crippen LogP contribution in [0.1, 0.15) is 11.1 Å². The maximum Gasteiger partial charge on any atom is 0.271 e. The Kier molecular flexibility index (Phi) is 6.78. The number of nitrogens with one attached hydrogen (secondary N) is 2. The molecule has 0 saturated carbocycles. The van der Waals surface area contributed by atoms with Gasteiger partial charge < -0.3 is 14.6 Å². The predicted octanol–water partition coefficient (Wildman–Crippen LogP) is 5.27. The second-order valence-corrected chi connectivity index (χ2v) is 11.3. The lowest BCUT2D eigenvalue weighted by Crippen LogP contribution is -2.18. The number of ether oxygens (including phenoxy) is 1. The molecular weight excluding hydrogens is 466 g/mol. The van der Waals surface area contributed by atoms with E-state index < -0.39 is 10.0 Å². The molecule has 0 aliphatic carbocycles. The average molecular weight is 492 g/mol. The number of thiophene rings is 1. The minimum Gasteiger partial charge on any atom is -0.380 e. The van der Waals surface area contributed by atoms with Gasteiger partial charge in [-0.25, -0.2) is 8.42 Å². The third-order valence-electron chi connectivity index (χ3n) is 5.34. The number of sulfonamides is 1. The number of hydrogen-bond acceptors (Lipinski definition) is 5. The van der Waals surface area contributed by atoms with Crippen LogP contribution < -0.4 is 4.72 Å². The number of halogens is 1. The summed E-state index contributed by atoms with van der Waals surface area (Å²) in [5.41, 5.74) is 3.09. The van der Waals surface area contributed by atoms with Gasteiger partial charge in [-0.1, -0.05) is 23.7 Å². The standard InChI is InChI=1S/C23H26ClN3O3S2/c1-15-19-13-17(24)7-8-21(19)31-23(15)32(28,29)26-20-6-4-5-18-16(14-25-22(18)20)9-11-30-12-10-27(2)3/h4-8,13-14,25-26H,9-12H2,1-3H3. The van der Waals surface area contributed by atoms with Gasteiger partial charge in [0.2, 0.25) is 0 Å². The van der Waals surface area contributed by atoms with Crippen molar-refractivity contribution in [1.82, 2.24) is 9.88 Å². The second-order valence-electron chi connectivity index (χ2n) is 7.97. The summed E-state index contributed by atoms with van der Waals surface area (Å²) in [6.07, 6.45) is 2.67. The summed E-state index contributed by atoms with van der Waals surface area (Å²) in [5, 5.41) is 2.43. The molecule has 2 heterocycles. The largest absolute Gasteiger partial charge is 0.380 e. The Morgan fingerprint density at radius 2 is 1.97 bits per heavy atom. The van der Waals surface area contributed by atoms with Gasteiger partial charge in [-0.3, -0.25) is 4.72 Å². The van der Waals surface area contributed by atoms with Gasteiger partial charge in [0.15, 0.2) is 0 Å². The first kappa shape index (κ1) is 23.1. The van der Waals surface area contributed by atoms with Crippen molar-refractivity contribution in [1.29, 1.82) is 0 Å². The summed E-state index contributed by atoms with van der Waals surface area (Å²) in [7, 11) is 0.273. The zero-order valence-electron chi connectivity index (χ0n) is 18.2. The van der Waals surface area contributed by atoms with Crippen molar-refractivity contribution in [2.45, 2.75) is 17.6 Å². The van der Waals surface area contributed by atoms with Crippen LogP contribution in [0.4, 0.5) is 5.69 Å². The van der Waals surface area contributed by atoms with Gasteiger partial charge in [0.25, 0.3) is 10.0 Å². The van der Waals surface area contributed by atoms with E-state index in [0.29, 0.717) is 33.7 Å². The lowest BCUT2D eigenvalue weighted by Gasteiger charge is -2.10. The van der Waals surface area contributed by atoms with E-state index in [4.69, 9.17) is 16.3 Å². The quantitative estimate of drug-likeness (QED) is 0.313. The van der Waals surface area contributed by atoms with E-state index in [1.807, 2.05) is 45.4 Å². The Labute approximate surface area is 197 Å². The van der Waals surface area contributed by atoms with Crippen LogP contribution >= 0.6 is 22.9 Å². The number of rotatable bonds is 9. The molecule has 170 valence electrons. The molecule has 32 heavy (non-hydrogen) atoms. The summed E-state index contributed by atoms with van der Waals surface area (Å²) in [4.78, 5) is 5.31. The summed E-state index contributed by atoms with van der Waals surface area (Å²) in [6.45, 7) is 3.98. The minimum atomic E-state index is -3.76. The smallest absolute Gasteiger partial charge is 0.271 e. The fourth-order valence-electron chi connectivity index (χ4n) is 3.65. The number of aryl methyl sites for hydroxylation is 1.